The van der Waals surface area contributed by atoms with Gasteiger partial charge < -0.3 is 15.5 Å². The number of amides is 3. The first-order valence-electron chi connectivity index (χ1n) is 9.91. The molecule has 29 heavy (non-hydrogen) atoms. The third-order valence-corrected chi connectivity index (χ3v) is 5.97. The molecule has 2 unspecified atom stereocenters. The van der Waals surface area contributed by atoms with Crippen molar-refractivity contribution in [3.8, 4) is 0 Å². The number of imide groups is 1. The van der Waals surface area contributed by atoms with E-state index in [1.807, 2.05) is 12.1 Å². The number of fused-ring (bicyclic) bond motifs is 1. The van der Waals surface area contributed by atoms with Crippen molar-refractivity contribution in [1.82, 2.24) is 20.9 Å². The first-order chi connectivity index (χ1) is 13.9. The molecule has 9 heteroatoms. The van der Waals surface area contributed by atoms with Crippen molar-refractivity contribution in [3.63, 3.8) is 0 Å². The van der Waals surface area contributed by atoms with Crippen LogP contribution in [0.3, 0.4) is 0 Å². The van der Waals surface area contributed by atoms with E-state index >= 15 is 0 Å². The maximum atomic E-state index is 14.0. The minimum Gasteiger partial charge on any atom is -0.322 e. The molecule has 3 aliphatic heterocycles. The third-order valence-electron chi connectivity index (χ3n) is 5.97. The number of nitrogens with one attached hydrogen (secondary N) is 3. The number of halogens is 2. The highest BCUT2D eigenvalue weighted by Crippen LogP contribution is 2.31. The zero-order valence-electron chi connectivity index (χ0n) is 16.0. The number of carbonyl (C=O) groups excluding carboxylic acids is 3. The van der Waals surface area contributed by atoms with E-state index in [-0.39, 0.29) is 37.7 Å². The molecule has 3 heterocycles. The number of benzene rings is 1. The Morgan fingerprint density at radius 3 is 2.83 bits per heavy atom. The topological polar surface area (TPSA) is 90.5 Å². The number of nitrogens with zero attached hydrogens (tertiary/aromatic N) is 1. The maximum absolute atomic E-state index is 14.0. The predicted octanol–water partition coefficient (Wildman–Crippen LogP) is 0.782. The van der Waals surface area contributed by atoms with Crippen LogP contribution in [0.25, 0.3) is 0 Å². The lowest BCUT2D eigenvalue weighted by Crippen LogP contribution is -2.52. The highest BCUT2D eigenvalue weighted by molar-refractivity contribution is 6.05. The van der Waals surface area contributed by atoms with E-state index in [2.05, 4.69) is 16.0 Å². The SMILES string of the molecule is O=C1CCC(N2Cc3cccc(CNCC4CNCCC4(F)F)c3C2=O)C(=O)N1. The standard InChI is InChI=1S/C20H24F2N4O3/c21-20(22)6-7-23-9-14(20)10-24-8-12-2-1-3-13-11-26(19(29)17(12)13)15-4-5-16(27)25-18(15)28/h1-3,14-15,23-24H,4-11H2,(H,25,27,28). The number of alkyl halides is 2. The smallest absolute Gasteiger partial charge is 0.255 e. The Morgan fingerprint density at radius 1 is 1.24 bits per heavy atom. The van der Waals surface area contributed by atoms with Crippen LogP contribution in [0.4, 0.5) is 8.78 Å². The Labute approximate surface area is 167 Å². The Kier molecular flexibility index (Phi) is 5.35. The third kappa shape index (κ3) is 3.89. The highest BCUT2D eigenvalue weighted by atomic mass is 19.3. The number of carbonyl (C=O) groups is 3. The van der Waals surface area contributed by atoms with Crippen molar-refractivity contribution in [2.75, 3.05) is 19.6 Å². The summed E-state index contributed by atoms with van der Waals surface area (Å²) >= 11 is 0. The molecular formula is C20H24F2N4O3. The molecule has 4 rings (SSSR count). The summed E-state index contributed by atoms with van der Waals surface area (Å²) in [5, 5.41) is 8.35. The van der Waals surface area contributed by atoms with Gasteiger partial charge >= 0.3 is 0 Å². The summed E-state index contributed by atoms with van der Waals surface area (Å²) in [4.78, 5) is 38.1. The average Bonchev–Trinajstić information content (AvgIpc) is 3.00. The second-order valence-electron chi connectivity index (χ2n) is 7.89. The van der Waals surface area contributed by atoms with Gasteiger partial charge in [-0.25, -0.2) is 8.78 Å². The maximum Gasteiger partial charge on any atom is 0.255 e. The lowest BCUT2D eigenvalue weighted by atomic mass is 9.94. The molecule has 1 aromatic carbocycles. The minimum absolute atomic E-state index is 0.148. The lowest BCUT2D eigenvalue weighted by molar-refractivity contribution is -0.136. The van der Waals surface area contributed by atoms with Gasteiger partial charge in [-0.05, 0) is 17.5 Å². The number of hydrogen-bond acceptors (Lipinski definition) is 5. The van der Waals surface area contributed by atoms with Crippen LogP contribution in [0.5, 0.6) is 0 Å². The molecule has 2 fully saturated rings. The van der Waals surface area contributed by atoms with Crippen molar-refractivity contribution < 1.29 is 23.2 Å². The molecule has 156 valence electrons. The van der Waals surface area contributed by atoms with Gasteiger partial charge in [-0.2, -0.15) is 0 Å². The van der Waals surface area contributed by atoms with Crippen molar-refractivity contribution in [1.29, 1.82) is 0 Å². The molecule has 3 aliphatic rings. The van der Waals surface area contributed by atoms with E-state index in [4.69, 9.17) is 0 Å². The van der Waals surface area contributed by atoms with Crippen LogP contribution in [0.2, 0.25) is 0 Å². The summed E-state index contributed by atoms with van der Waals surface area (Å²) in [6.45, 7) is 1.33. The Balaban J connectivity index is 1.43. The monoisotopic (exact) mass is 406 g/mol. The molecule has 0 radical (unpaired) electrons. The van der Waals surface area contributed by atoms with Gasteiger partial charge in [0, 0.05) is 57.0 Å². The molecule has 3 N–H and O–H groups in total. The van der Waals surface area contributed by atoms with Crippen LogP contribution in [-0.2, 0) is 22.7 Å². The molecule has 3 amide bonds. The minimum atomic E-state index is -2.70. The normalized spacial score (nSPS) is 26.4. The second-order valence-corrected chi connectivity index (χ2v) is 7.89. The lowest BCUT2D eigenvalue weighted by Gasteiger charge is -2.32. The Bertz CT molecular complexity index is 845. The molecule has 0 saturated carbocycles. The molecule has 0 spiro atoms. The number of piperidine rings is 2. The summed E-state index contributed by atoms with van der Waals surface area (Å²) in [6.07, 6.45) is 0.343. The Hall–Kier alpha value is -2.39. The summed E-state index contributed by atoms with van der Waals surface area (Å²) in [5.74, 6) is -4.52. The summed E-state index contributed by atoms with van der Waals surface area (Å²) < 4.78 is 28.0. The van der Waals surface area contributed by atoms with E-state index in [0.29, 0.717) is 31.6 Å². The van der Waals surface area contributed by atoms with Gasteiger partial charge in [0.05, 0.1) is 0 Å². The summed E-state index contributed by atoms with van der Waals surface area (Å²) in [6, 6.07) is 4.80. The van der Waals surface area contributed by atoms with Gasteiger partial charge in [0.1, 0.15) is 6.04 Å². The number of rotatable bonds is 5. The quantitative estimate of drug-likeness (QED) is 0.629. The zero-order valence-corrected chi connectivity index (χ0v) is 16.0. The molecule has 2 saturated heterocycles. The molecule has 2 atom stereocenters. The van der Waals surface area contributed by atoms with Gasteiger partial charge in [-0.1, -0.05) is 18.2 Å². The van der Waals surface area contributed by atoms with Gasteiger partial charge in [-0.15, -0.1) is 0 Å². The summed E-state index contributed by atoms with van der Waals surface area (Å²) in [7, 11) is 0. The molecule has 7 nitrogen and oxygen atoms in total. The average molecular weight is 406 g/mol. The first kappa shape index (κ1) is 19.9. The van der Waals surface area contributed by atoms with Crippen molar-refractivity contribution in [2.45, 2.75) is 44.3 Å². The van der Waals surface area contributed by atoms with Gasteiger partial charge in [-0.3, -0.25) is 19.7 Å². The van der Waals surface area contributed by atoms with Crippen LogP contribution < -0.4 is 16.0 Å². The molecule has 0 bridgehead atoms. The van der Waals surface area contributed by atoms with Gasteiger partial charge in [0.2, 0.25) is 11.8 Å². The van der Waals surface area contributed by atoms with Crippen molar-refractivity contribution >= 4 is 17.7 Å². The number of hydrogen-bond donors (Lipinski definition) is 3. The van der Waals surface area contributed by atoms with Gasteiger partial charge in [0.25, 0.3) is 11.8 Å². The van der Waals surface area contributed by atoms with Crippen molar-refractivity contribution in [3.05, 3.63) is 34.9 Å². The van der Waals surface area contributed by atoms with Crippen molar-refractivity contribution in [2.24, 2.45) is 5.92 Å². The van der Waals surface area contributed by atoms with E-state index < -0.39 is 23.8 Å². The fourth-order valence-electron chi connectivity index (χ4n) is 4.32. The molecule has 1 aromatic rings. The van der Waals surface area contributed by atoms with E-state index in [0.717, 1.165) is 11.1 Å². The van der Waals surface area contributed by atoms with E-state index in [1.165, 1.54) is 4.90 Å². The van der Waals surface area contributed by atoms with Crippen LogP contribution in [0.1, 0.15) is 40.7 Å². The van der Waals surface area contributed by atoms with Crippen LogP contribution in [-0.4, -0.2) is 54.2 Å². The van der Waals surface area contributed by atoms with E-state index in [1.54, 1.807) is 6.07 Å². The fraction of sp³-hybridized carbons (Fsp3) is 0.550. The van der Waals surface area contributed by atoms with Crippen LogP contribution in [0, 0.1) is 5.92 Å². The molecule has 0 aromatic heterocycles. The van der Waals surface area contributed by atoms with Crippen LogP contribution in [0.15, 0.2) is 18.2 Å². The molecule has 0 aliphatic carbocycles. The zero-order chi connectivity index (χ0) is 20.6. The predicted molar refractivity (Wildman–Crippen MR) is 100 cm³/mol. The largest absolute Gasteiger partial charge is 0.322 e. The van der Waals surface area contributed by atoms with E-state index in [9.17, 15) is 23.2 Å². The fourth-order valence-corrected chi connectivity index (χ4v) is 4.32. The Morgan fingerprint density at radius 2 is 2.07 bits per heavy atom. The van der Waals surface area contributed by atoms with Crippen LogP contribution >= 0.6 is 0 Å². The molecular weight excluding hydrogens is 382 g/mol. The first-order valence-corrected chi connectivity index (χ1v) is 9.91. The highest BCUT2D eigenvalue weighted by Gasteiger charge is 2.42. The van der Waals surface area contributed by atoms with Gasteiger partial charge in [0.15, 0.2) is 0 Å². The summed E-state index contributed by atoms with van der Waals surface area (Å²) in [5.41, 5.74) is 2.07. The second kappa shape index (κ2) is 7.79.